The SMILES string of the molecule is Cc1cc(C2=NN(c3ccc(OC(F)(F)F)cc3)CO2)nn1Cc1cccc(Br)n1. The Morgan fingerprint density at radius 2 is 1.93 bits per heavy atom. The lowest BCUT2D eigenvalue weighted by molar-refractivity contribution is -0.274. The van der Waals surface area contributed by atoms with E-state index in [2.05, 4.69) is 35.9 Å². The van der Waals surface area contributed by atoms with Gasteiger partial charge in [0.1, 0.15) is 16.0 Å². The molecule has 11 heteroatoms. The number of benzene rings is 1. The van der Waals surface area contributed by atoms with Gasteiger partial charge in [0, 0.05) is 5.69 Å². The standard InChI is InChI=1S/C19H15BrF3N5O2/c1-12-9-16(25-27(12)10-13-3-2-4-17(20)24-13)18-26-28(11-29-18)14-5-7-15(8-6-14)30-19(21,22)23/h2-9H,10-11H2,1H3. The van der Waals surface area contributed by atoms with Crippen molar-refractivity contribution in [2.24, 2.45) is 5.10 Å². The third-order valence-corrected chi connectivity index (χ3v) is 4.63. The molecule has 156 valence electrons. The molecule has 1 aliphatic rings. The second kappa shape index (κ2) is 7.98. The first-order chi connectivity index (χ1) is 14.3. The average Bonchev–Trinajstić information content (AvgIpc) is 3.29. The first-order valence-electron chi connectivity index (χ1n) is 8.78. The number of pyridine rings is 1. The molecule has 0 radical (unpaired) electrons. The highest BCUT2D eigenvalue weighted by molar-refractivity contribution is 9.10. The summed E-state index contributed by atoms with van der Waals surface area (Å²) in [5.41, 5.74) is 2.88. The van der Waals surface area contributed by atoms with Crippen LogP contribution >= 0.6 is 15.9 Å². The molecule has 3 aromatic rings. The van der Waals surface area contributed by atoms with Crippen molar-refractivity contribution in [2.75, 3.05) is 11.7 Å². The van der Waals surface area contributed by atoms with Gasteiger partial charge in [-0.2, -0.15) is 5.10 Å². The molecule has 0 amide bonds. The van der Waals surface area contributed by atoms with Gasteiger partial charge in [-0.15, -0.1) is 18.3 Å². The molecule has 1 aromatic carbocycles. The number of nitrogens with zero attached hydrogens (tertiary/aromatic N) is 5. The predicted octanol–water partition coefficient (Wildman–Crippen LogP) is 4.45. The van der Waals surface area contributed by atoms with Gasteiger partial charge < -0.3 is 9.47 Å². The van der Waals surface area contributed by atoms with Crippen LogP contribution in [0.1, 0.15) is 17.1 Å². The lowest BCUT2D eigenvalue weighted by atomic mass is 10.3. The molecule has 0 saturated carbocycles. The number of halogens is 4. The van der Waals surface area contributed by atoms with Gasteiger partial charge in [-0.1, -0.05) is 6.07 Å². The monoisotopic (exact) mass is 481 g/mol. The van der Waals surface area contributed by atoms with Crippen LogP contribution in [0.15, 0.2) is 58.2 Å². The normalized spacial score (nSPS) is 13.9. The van der Waals surface area contributed by atoms with Crippen LogP contribution in [-0.2, 0) is 11.3 Å². The van der Waals surface area contributed by atoms with Gasteiger partial charge >= 0.3 is 6.36 Å². The second-order valence-corrected chi connectivity index (χ2v) is 7.21. The molecule has 0 fully saturated rings. The van der Waals surface area contributed by atoms with Gasteiger partial charge in [0.05, 0.1) is 17.9 Å². The van der Waals surface area contributed by atoms with Crippen molar-refractivity contribution in [2.45, 2.75) is 19.8 Å². The van der Waals surface area contributed by atoms with E-state index in [0.717, 1.165) is 16.0 Å². The highest BCUT2D eigenvalue weighted by Crippen LogP contribution is 2.27. The lowest BCUT2D eigenvalue weighted by Crippen LogP contribution is -2.17. The minimum absolute atomic E-state index is 0.119. The maximum atomic E-state index is 12.3. The third kappa shape index (κ3) is 4.73. The van der Waals surface area contributed by atoms with Crippen LogP contribution in [-0.4, -0.2) is 33.8 Å². The van der Waals surface area contributed by atoms with E-state index in [1.807, 2.05) is 31.2 Å². The van der Waals surface area contributed by atoms with Crippen molar-refractivity contribution in [3.63, 3.8) is 0 Å². The molecule has 7 nitrogen and oxygen atoms in total. The van der Waals surface area contributed by atoms with Crippen LogP contribution in [0.4, 0.5) is 18.9 Å². The molecule has 0 unspecified atom stereocenters. The fourth-order valence-corrected chi connectivity index (χ4v) is 3.21. The van der Waals surface area contributed by atoms with Crippen LogP contribution < -0.4 is 9.75 Å². The molecule has 0 spiro atoms. The molecular formula is C19H15BrF3N5O2. The molecule has 1 aliphatic heterocycles. The number of hydrazone groups is 1. The van der Waals surface area contributed by atoms with E-state index in [0.29, 0.717) is 23.8 Å². The second-order valence-electron chi connectivity index (χ2n) is 6.40. The van der Waals surface area contributed by atoms with Crippen molar-refractivity contribution in [1.82, 2.24) is 14.8 Å². The summed E-state index contributed by atoms with van der Waals surface area (Å²) in [4.78, 5) is 4.40. The lowest BCUT2D eigenvalue weighted by Gasteiger charge is -2.13. The minimum atomic E-state index is -4.73. The summed E-state index contributed by atoms with van der Waals surface area (Å²) >= 11 is 3.35. The molecule has 0 bridgehead atoms. The first kappa shape index (κ1) is 20.2. The fraction of sp³-hybridized carbons (Fsp3) is 0.211. The number of hydrogen-bond acceptors (Lipinski definition) is 6. The molecular weight excluding hydrogens is 467 g/mol. The van der Waals surface area contributed by atoms with E-state index >= 15 is 0 Å². The zero-order valence-corrected chi connectivity index (χ0v) is 17.2. The number of ether oxygens (including phenoxy) is 2. The van der Waals surface area contributed by atoms with E-state index in [4.69, 9.17) is 4.74 Å². The summed E-state index contributed by atoms with van der Waals surface area (Å²) in [5, 5.41) is 10.4. The predicted molar refractivity (Wildman–Crippen MR) is 106 cm³/mol. The number of aryl methyl sites for hydroxylation is 1. The molecule has 3 heterocycles. The van der Waals surface area contributed by atoms with E-state index in [1.165, 1.54) is 29.3 Å². The maximum Gasteiger partial charge on any atom is 0.573 e. The number of rotatable bonds is 5. The maximum absolute atomic E-state index is 12.3. The minimum Gasteiger partial charge on any atom is -0.452 e. The van der Waals surface area contributed by atoms with Gasteiger partial charge in [0.15, 0.2) is 6.73 Å². The van der Waals surface area contributed by atoms with Crippen molar-refractivity contribution >= 4 is 27.5 Å². The van der Waals surface area contributed by atoms with Gasteiger partial charge in [0.2, 0.25) is 0 Å². The van der Waals surface area contributed by atoms with Crippen LogP contribution in [0.5, 0.6) is 5.75 Å². The molecule has 0 N–H and O–H groups in total. The van der Waals surface area contributed by atoms with Crippen LogP contribution in [0.25, 0.3) is 0 Å². The van der Waals surface area contributed by atoms with Gasteiger partial charge in [-0.3, -0.25) is 4.68 Å². The molecule has 0 aliphatic carbocycles. The largest absolute Gasteiger partial charge is 0.573 e. The van der Waals surface area contributed by atoms with Gasteiger partial charge in [0.25, 0.3) is 5.90 Å². The van der Waals surface area contributed by atoms with E-state index in [-0.39, 0.29) is 12.5 Å². The molecule has 2 aromatic heterocycles. The average molecular weight is 482 g/mol. The zero-order valence-electron chi connectivity index (χ0n) is 15.6. The Kier molecular flexibility index (Phi) is 5.37. The molecule has 4 rings (SSSR count). The Balaban J connectivity index is 1.48. The summed E-state index contributed by atoms with van der Waals surface area (Å²) in [7, 11) is 0. The van der Waals surface area contributed by atoms with E-state index < -0.39 is 6.36 Å². The summed E-state index contributed by atoms with van der Waals surface area (Å²) < 4.78 is 48.9. The van der Waals surface area contributed by atoms with E-state index in [9.17, 15) is 13.2 Å². The third-order valence-electron chi connectivity index (χ3n) is 4.19. The molecule has 0 atom stereocenters. The number of anilines is 1. The smallest absolute Gasteiger partial charge is 0.452 e. The topological polar surface area (TPSA) is 64.8 Å². The first-order valence-corrected chi connectivity index (χ1v) is 9.57. The Morgan fingerprint density at radius 1 is 1.17 bits per heavy atom. The van der Waals surface area contributed by atoms with Crippen LogP contribution in [0, 0.1) is 6.92 Å². The number of aromatic nitrogens is 3. The van der Waals surface area contributed by atoms with Crippen molar-refractivity contribution in [3.05, 3.63) is 70.2 Å². The summed E-state index contributed by atoms with van der Waals surface area (Å²) in [5.74, 6) is 0.0285. The Hall–Kier alpha value is -3.08. The summed E-state index contributed by atoms with van der Waals surface area (Å²) in [6.07, 6.45) is -4.73. The van der Waals surface area contributed by atoms with Crippen LogP contribution in [0.2, 0.25) is 0 Å². The highest BCUT2D eigenvalue weighted by Gasteiger charge is 2.31. The summed E-state index contributed by atoms with van der Waals surface area (Å²) in [6.45, 7) is 2.53. The van der Waals surface area contributed by atoms with Crippen molar-refractivity contribution < 1.29 is 22.6 Å². The fourth-order valence-electron chi connectivity index (χ4n) is 2.83. The Labute approximate surface area is 177 Å². The number of alkyl halides is 3. The van der Waals surface area contributed by atoms with E-state index in [1.54, 1.807) is 4.68 Å². The zero-order chi connectivity index (χ0) is 21.3. The van der Waals surface area contributed by atoms with Gasteiger partial charge in [-0.05, 0) is 65.3 Å². The Bertz CT molecular complexity index is 1080. The molecule has 30 heavy (non-hydrogen) atoms. The summed E-state index contributed by atoms with van der Waals surface area (Å²) in [6, 6.07) is 12.9. The van der Waals surface area contributed by atoms with Crippen LogP contribution in [0.3, 0.4) is 0 Å². The molecule has 0 saturated heterocycles. The highest BCUT2D eigenvalue weighted by atomic mass is 79.9. The Morgan fingerprint density at radius 3 is 2.63 bits per heavy atom. The quantitative estimate of drug-likeness (QED) is 0.503. The van der Waals surface area contributed by atoms with Crippen molar-refractivity contribution in [1.29, 1.82) is 0 Å². The van der Waals surface area contributed by atoms with Crippen molar-refractivity contribution in [3.8, 4) is 5.75 Å². The van der Waals surface area contributed by atoms with Gasteiger partial charge in [-0.25, -0.2) is 9.99 Å². The number of hydrogen-bond donors (Lipinski definition) is 0.